The summed E-state index contributed by atoms with van der Waals surface area (Å²) in [5, 5.41) is 0. The molecule has 0 N–H and O–H groups in total. The van der Waals surface area contributed by atoms with Gasteiger partial charge in [0, 0.05) is 24.7 Å². The summed E-state index contributed by atoms with van der Waals surface area (Å²) in [4.78, 5) is 9.57. The Kier molecular flexibility index (Phi) is 3.76. The number of hydrogen-bond donors (Lipinski definition) is 0. The summed E-state index contributed by atoms with van der Waals surface area (Å²) >= 11 is 0. The van der Waals surface area contributed by atoms with Crippen LogP contribution in [0, 0.1) is 5.92 Å². The molecule has 0 aromatic carbocycles. The monoisotopic (exact) mass is 209 g/mol. The lowest BCUT2D eigenvalue weighted by molar-refractivity contribution is 0.200. The van der Waals surface area contributed by atoms with E-state index in [0.29, 0.717) is 0 Å². The van der Waals surface area contributed by atoms with Crippen LogP contribution in [0.25, 0.3) is 0 Å². The molecule has 0 radical (unpaired) electrons. The van der Waals surface area contributed by atoms with Gasteiger partial charge in [-0.25, -0.2) is 0 Å². The first-order valence-corrected chi connectivity index (χ1v) is 6.16. The maximum Gasteiger partial charge on any atom is 0.0401 e. The standard InChI is InChI=1S/C12H23N3/c1-14(2)7-3-6-13-12-10-15-8-4-11(12)5-9-15/h11H,3-10H2,1-2H3. The molecular formula is C12H23N3. The van der Waals surface area contributed by atoms with Gasteiger partial charge < -0.3 is 4.90 Å². The number of fused-ring (bicyclic) bond motifs is 3. The zero-order valence-corrected chi connectivity index (χ0v) is 10.1. The zero-order valence-electron chi connectivity index (χ0n) is 10.1. The highest BCUT2D eigenvalue weighted by molar-refractivity contribution is 5.90. The molecule has 86 valence electrons. The molecule has 0 aliphatic carbocycles. The van der Waals surface area contributed by atoms with Crippen molar-refractivity contribution in [3.8, 4) is 0 Å². The third-order valence-electron chi connectivity index (χ3n) is 3.52. The number of aliphatic imine (C=N–C) groups is 1. The van der Waals surface area contributed by atoms with Crippen molar-refractivity contribution in [1.29, 1.82) is 0 Å². The Morgan fingerprint density at radius 2 is 2.07 bits per heavy atom. The Balaban J connectivity index is 1.76. The van der Waals surface area contributed by atoms with Gasteiger partial charge in [0.2, 0.25) is 0 Å². The van der Waals surface area contributed by atoms with Crippen LogP contribution in [0.1, 0.15) is 19.3 Å². The van der Waals surface area contributed by atoms with Gasteiger partial charge >= 0.3 is 0 Å². The molecule has 0 aromatic rings. The lowest BCUT2D eigenvalue weighted by Gasteiger charge is -2.40. The van der Waals surface area contributed by atoms with E-state index in [-0.39, 0.29) is 0 Å². The van der Waals surface area contributed by atoms with E-state index in [1.807, 2.05) is 0 Å². The molecule has 3 aliphatic heterocycles. The first kappa shape index (κ1) is 11.1. The fraction of sp³-hybridized carbons (Fsp3) is 0.917. The summed E-state index contributed by atoms with van der Waals surface area (Å²) in [5.41, 5.74) is 1.49. The Bertz CT molecular complexity index is 227. The van der Waals surface area contributed by atoms with Crippen molar-refractivity contribution >= 4 is 5.71 Å². The molecule has 0 spiro atoms. The molecule has 2 bridgehead atoms. The van der Waals surface area contributed by atoms with E-state index >= 15 is 0 Å². The largest absolute Gasteiger partial charge is 0.309 e. The third kappa shape index (κ3) is 3.02. The number of rotatable bonds is 4. The van der Waals surface area contributed by atoms with Crippen LogP contribution in [0.15, 0.2) is 4.99 Å². The summed E-state index contributed by atoms with van der Waals surface area (Å²) in [5.74, 6) is 0.828. The SMILES string of the molecule is CN(C)CCCN=C1CN2CCC1CC2. The first-order chi connectivity index (χ1) is 7.25. The maximum absolute atomic E-state index is 4.79. The Morgan fingerprint density at radius 1 is 1.33 bits per heavy atom. The van der Waals surface area contributed by atoms with Crippen LogP contribution in [-0.2, 0) is 0 Å². The molecule has 3 aliphatic rings. The molecule has 0 unspecified atom stereocenters. The number of nitrogens with zero attached hydrogens (tertiary/aromatic N) is 3. The van der Waals surface area contributed by atoms with Crippen LogP contribution in [0.5, 0.6) is 0 Å². The Hall–Kier alpha value is -0.410. The summed E-state index contributed by atoms with van der Waals surface area (Å²) in [7, 11) is 4.25. The second-order valence-corrected chi connectivity index (χ2v) is 5.08. The molecule has 3 fully saturated rings. The Morgan fingerprint density at radius 3 is 2.60 bits per heavy atom. The fourth-order valence-electron chi connectivity index (χ4n) is 2.57. The highest BCUT2D eigenvalue weighted by atomic mass is 15.2. The molecular weight excluding hydrogens is 186 g/mol. The molecule has 0 aromatic heterocycles. The lowest BCUT2D eigenvalue weighted by atomic mass is 9.86. The minimum absolute atomic E-state index is 0.828. The van der Waals surface area contributed by atoms with E-state index in [4.69, 9.17) is 4.99 Å². The maximum atomic E-state index is 4.79. The highest BCUT2D eigenvalue weighted by Crippen LogP contribution is 2.25. The van der Waals surface area contributed by atoms with E-state index in [1.165, 1.54) is 38.1 Å². The van der Waals surface area contributed by atoms with Crippen molar-refractivity contribution < 1.29 is 0 Å². The minimum Gasteiger partial charge on any atom is -0.309 e. The quantitative estimate of drug-likeness (QED) is 0.646. The molecule has 0 amide bonds. The van der Waals surface area contributed by atoms with Gasteiger partial charge in [-0.1, -0.05) is 0 Å². The molecule has 3 heteroatoms. The van der Waals surface area contributed by atoms with E-state index in [0.717, 1.165) is 25.6 Å². The second kappa shape index (κ2) is 5.08. The van der Waals surface area contributed by atoms with Crippen LogP contribution < -0.4 is 0 Å². The predicted octanol–water partition coefficient (Wildman–Crippen LogP) is 1.10. The first-order valence-electron chi connectivity index (χ1n) is 6.16. The van der Waals surface area contributed by atoms with Gasteiger partial charge in [0.05, 0.1) is 0 Å². The average Bonchev–Trinajstić information content (AvgIpc) is 2.26. The van der Waals surface area contributed by atoms with Crippen LogP contribution in [0.2, 0.25) is 0 Å². The summed E-state index contributed by atoms with van der Waals surface area (Å²) in [6.45, 7) is 5.96. The van der Waals surface area contributed by atoms with Gasteiger partial charge in [-0.2, -0.15) is 0 Å². The van der Waals surface area contributed by atoms with E-state index in [1.54, 1.807) is 0 Å². The van der Waals surface area contributed by atoms with Gasteiger partial charge in [-0.05, 0) is 53.0 Å². The van der Waals surface area contributed by atoms with Gasteiger partial charge in [0.1, 0.15) is 0 Å². The van der Waals surface area contributed by atoms with Gasteiger partial charge in [-0.15, -0.1) is 0 Å². The minimum atomic E-state index is 0.828. The van der Waals surface area contributed by atoms with Crippen molar-refractivity contribution in [2.45, 2.75) is 19.3 Å². The van der Waals surface area contributed by atoms with E-state index in [9.17, 15) is 0 Å². The molecule has 3 saturated heterocycles. The van der Waals surface area contributed by atoms with Crippen molar-refractivity contribution in [2.24, 2.45) is 10.9 Å². The van der Waals surface area contributed by atoms with E-state index < -0.39 is 0 Å². The molecule has 0 saturated carbocycles. The smallest absolute Gasteiger partial charge is 0.0401 e. The second-order valence-electron chi connectivity index (χ2n) is 5.08. The normalized spacial score (nSPS) is 32.9. The third-order valence-corrected chi connectivity index (χ3v) is 3.52. The number of piperidine rings is 3. The number of hydrogen-bond acceptors (Lipinski definition) is 3. The zero-order chi connectivity index (χ0) is 10.7. The molecule has 0 atom stereocenters. The van der Waals surface area contributed by atoms with Crippen molar-refractivity contribution in [2.75, 3.05) is 46.8 Å². The Labute approximate surface area is 93.2 Å². The molecule has 3 heterocycles. The van der Waals surface area contributed by atoms with Crippen LogP contribution in [-0.4, -0.2) is 62.3 Å². The molecule has 3 rings (SSSR count). The van der Waals surface area contributed by atoms with Gasteiger partial charge in [-0.3, -0.25) is 9.89 Å². The van der Waals surface area contributed by atoms with Crippen molar-refractivity contribution in [3.05, 3.63) is 0 Å². The summed E-state index contributed by atoms with van der Waals surface area (Å²) < 4.78 is 0. The van der Waals surface area contributed by atoms with Gasteiger partial charge in [0.15, 0.2) is 0 Å². The van der Waals surface area contributed by atoms with E-state index in [2.05, 4.69) is 23.9 Å². The van der Waals surface area contributed by atoms with Crippen molar-refractivity contribution in [3.63, 3.8) is 0 Å². The predicted molar refractivity (Wildman–Crippen MR) is 64.6 cm³/mol. The average molecular weight is 209 g/mol. The van der Waals surface area contributed by atoms with Crippen LogP contribution in [0.4, 0.5) is 0 Å². The topological polar surface area (TPSA) is 18.8 Å². The molecule has 15 heavy (non-hydrogen) atoms. The van der Waals surface area contributed by atoms with Crippen LogP contribution in [0.3, 0.4) is 0 Å². The van der Waals surface area contributed by atoms with Crippen LogP contribution >= 0.6 is 0 Å². The summed E-state index contributed by atoms with van der Waals surface area (Å²) in [6, 6.07) is 0. The molecule has 3 nitrogen and oxygen atoms in total. The lowest BCUT2D eigenvalue weighted by Crippen LogP contribution is -2.48. The van der Waals surface area contributed by atoms with Crippen molar-refractivity contribution in [1.82, 2.24) is 9.80 Å². The highest BCUT2D eigenvalue weighted by Gasteiger charge is 2.30. The summed E-state index contributed by atoms with van der Waals surface area (Å²) in [6.07, 6.45) is 3.91. The van der Waals surface area contributed by atoms with Gasteiger partial charge in [0.25, 0.3) is 0 Å². The fourth-order valence-corrected chi connectivity index (χ4v) is 2.57.